The summed E-state index contributed by atoms with van der Waals surface area (Å²) in [7, 11) is 1.67. The van der Waals surface area contributed by atoms with Crippen molar-refractivity contribution in [3.63, 3.8) is 0 Å². The number of ether oxygens (including phenoxy) is 1. The second-order valence-corrected chi connectivity index (χ2v) is 4.51. The van der Waals surface area contributed by atoms with Crippen molar-refractivity contribution in [3.05, 3.63) is 65.2 Å². The van der Waals surface area contributed by atoms with Crippen LogP contribution in [-0.4, -0.2) is 12.9 Å². The van der Waals surface area contributed by atoms with Gasteiger partial charge in [-0.2, -0.15) is 0 Å². The minimum atomic E-state index is 0.129. The average Bonchev–Trinajstić information content (AvgIpc) is 2.77. The first-order chi connectivity index (χ1) is 8.81. The molecule has 0 fully saturated rings. The summed E-state index contributed by atoms with van der Waals surface area (Å²) < 4.78 is 5.40. The molecule has 0 spiro atoms. The lowest BCUT2D eigenvalue weighted by molar-refractivity contribution is 0.0991. The third-order valence-corrected chi connectivity index (χ3v) is 3.54. The second kappa shape index (κ2) is 4.30. The summed E-state index contributed by atoms with van der Waals surface area (Å²) in [5, 5.41) is 0. The number of hydrogen-bond acceptors (Lipinski definition) is 2. The van der Waals surface area contributed by atoms with Gasteiger partial charge < -0.3 is 4.74 Å². The Morgan fingerprint density at radius 1 is 1.00 bits per heavy atom. The molecule has 18 heavy (non-hydrogen) atoms. The molecule has 0 aromatic heterocycles. The number of carbonyl (C=O) groups excluding carboxylic acids is 1. The Kier molecular flexibility index (Phi) is 2.63. The molecule has 0 saturated heterocycles. The third-order valence-electron chi connectivity index (χ3n) is 3.54. The van der Waals surface area contributed by atoms with Crippen LogP contribution in [0.5, 0.6) is 5.75 Å². The Labute approximate surface area is 106 Å². The van der Waals surface area contributed by atoms with Crippen LogP contribution in [0.2, 0.25) is 0 Å². The fraction of sp³-hybridized carbons (Fsp3) is 0.188. The molecule has 0 radical (unpaired) electrons. The number of benzene rings is 2. The van der Waals surface area contributed by atoms with E-state index in [1.54, 1.807) is 7.11 Å². The van der Waals surface area contributed by atoms with Gasteiger partial charge in [0.1, 0.15) is 5.75 Å². The molecule has 0 amide bonds. The molecule has 0 N–H and O–H groups in total. The van der Waals surface area contributed by atoms with E-state index in [0.717, 1.165) is 22.4 Å². The van der Waals surface area contributed by atoms with Gasteiger partial charge in [0.15, 0.2) is 5.78 Å². The van der Waals surface area contributed by atoms with Gasteiger partial charge in [-0.3, -0.25) is 4.79 Å². The van der Waals surface area contributed by atoms with Crippen LogP contribution in [0.25, 0.3) is 0 Å². The molecule has 90 valence electrons. The third kappa shape index (κ3) is 1.61. The molecule has 3 rings (SSSR count). The Morgan fingerprint density at radius 2 is 1.67 bits per heavy atom. The van der Waals surface area contributed by atoms with Gasteiger partial charge in [0.05, 0.1) is 7.11 Å². The summed E-state index contributed by atoms with van der Waals surface area (Å²) >= 11 is 0. The largest absolute Gasteiger partial charge is 0.496 e. The van der Waals surface area contributed by atoms with Gasteiger partial charge >= 0.3 is 0 Å². The van der Waals surface area contributed by atoms with Crippen LogP contribution in [0.3, 0.4) is 0 Å². The highest BCUT2D eigenvalue weighted by Gasteiger charge is 2.31. The topological polar surface area (TPSA) is 26.3 Å². The molecule has 0 aliphatic heterocycles. The van der Waals surface area contributed by atoms with E-state index in [4.69, 9.17) is 4.74 Å². The van der Waals surface area contributed by atoms with Crippen molar-refractivity contribution in [3.8, 4) is 5.75 Å². The lowest BCUT2D eigenvalue weighted by Crippen LogP contribution is -2.00. The Bertz CT molecular complexity index is 602. The van der Waals surface area contributed by atoms with Crippen LogP contribution in [0.4, 0.5) is 0 Å². The highest BCUT2D eigenvalue weighted by Crippen LogP contribution is 2.41. The van der Waals surface area contributed by atoms with Crippen molar-refractivity contribution in [1.82, 2.24) is 0 Å². The van der Waals surface area contributed by atoms with E-state index in [-0.39, 0.29) is 11.7 Å². The highest BCUT2D eigenvalue weighted by molar-refractivity contribution is 6.02. The minimum absolute atomic E-state index is 0.129. The number of fused-ring (bicyclic) bond motifs is 1. The number of carbonyl (C=O) groups is 1. The predicted octanol–water partition coefficient (Wildman–Crippen LogP) is 3.41. The number of ketones is 1. The maximum absolute atomic E-state index is 12.0. The Hall–Kier alpha value is -2.09. The summed E-state index contributed by atoms with van der Waals surface area (Å²) in [6.45, 7) is 0. The molecule has 1 aliphatic rings. The second-order valence-electron chi connectivity index (χ2n) is 4.51. The zero-order chi connectivity index (χ0) is 12.5. The van der Waals surface area contributed by atoms with E-state index in [9.17, 15) is 4.79 Å². The van der Waals surface area contributed by atoms with E-state index in [2.05, 4.69) is 0 Å². The summed E-state index contributed by atoms with van der Waals surface area (Å²) in [5.74, 6) is 1.21. The van der Waals surface area contributed by atoms with Gasteiger partial charge in [-0.25, -0.2) is 0 Å². The van der Waals surface area contributed by atoms with Crippen molar-refractivity contribution in [2.45, 2.75) is 12.3 Å². The van der Waals surface area contributed by atoms with Crippen LogP contribution in [-0.2, 0) is 0 Å². The fourth-order valence-corrected chi connectivity index (χ4v) is 2.69. The monoisotopic (exact) mass is 238 g/mol. The van der Waals surface area contributed by atoms with Crippen molar-refractivity contribution in [2.24, 2.45) is 0 Å². The molecule has 1 aliphatic carbocycles. The smallest absolute Gasteiger partial charge is 0.164 e. The highest BCUT2D eigenvalue weighted by atomic mass is 16.5. The molecule has 1 atom stereocenters. The van der Waals surface area contributed by atoms with Crippen LogP contribution in [0.15, 0.2) is 48.5 Å². The molecule has 2 aromatic carbocycles. The van der Waals surface area contributed by atoms with E-state index < -0.39 is 0 Å². The van der Waals surface area contributed by atoms with Crippen molar-refractivity contribution in [2.75, 3.05) is 7.11 Å². The number of methoxy groups -OCH3 is 1. The first-order valence-corrected chi connectivity index (χ1v) is 6.06. The maximum atomic E-state index is 12.0. The van der Waals surface area contributed by atoms with Crippen LogP contribution in [0.1, 0.15) is 33.8 Å². The minimum Gasteiger partial charge on any atom is -0.496 e. The molecular formula is C16H14O2. The zero-order valence-electron chi connectivity index (χ0n) is 10.2. The molecule has 0 heterocycles. The number of rotatable bonds is 2. The average molecular weight is 238 g/mol. The van der Waals surface area contributed by atoms with E-state index in [1.807, 2.05) is 48.5 Å². The maximum Gasteiger partial charge on any atom is 0.164 e. The number of hydrogen-bond donors (Lipinski definition) is 0. The Morgan fingerprint density at radius 3 is 2.44 bits per heavy atom. The SMILES string of the molecule is COc1ccccc1[C@@H]1CC(=O)c2ccccc21. The lowest BCUT2D eigenvalue weighted by atomic mass is 9.92. The van der Waals surface area contributed by atoms with Crippen LogP contribution in [0, 0.1) is 0 Å². The van der Waals surface area contributed by atoms with Crippen molar-refractivity contribution in [1.29, 1.82) is 0 Å². The van der Waals surface area contributed by atoms with Gasteiger partial charge in [0.25, 0.3) is 0 Å². The summed E-state index contributed by atoms with van der Waals surface area (Å²) in [6, 6.07) is 15.8. The molecular weight excluding hydrogens is 224 g/mol. The number of Topliss-reactive ketones (excluding diaryl/α,β-unsaturated/α-hetero) is 1. The summed E-state index contributed by atoms with van der Waals surface area (Å²) in [4.78, 5) is 12.0. The number of para-hydroxylation sites is 1. The van der Waals surface area contributed by atoms with Gasteiger partial charge in [-0.15, -0.1) is 0 Å². The molecule has 2 heteroatoms. The molecule has 0 saturated carbocycles. The molecule has 2 aromatic rings. The molecule has 0 bridgehead atoms. The quantitative estimate of drug-likeness (QED) is 0.801. The summed E-state index contributed by atoms with van der Waals surface area (Å²) in [6.07, 6.45) is 0.541. The predicted molar refractivity (Wildman–Crippen MR) is 70.2 cm³/mol. The normalized spacial score (nSPS) is 17.6. The molecule has 0 unspecified atom stereocenters. The fourth-order valence-electron chi connectivity index (χ4n) is 2.69. The van der Waals surface area contributed by atoms with E-state index >= 15 is 0 Å². The van der Waals surface area contributed by atoms with Crippen molar-refractivity contribution < 1.29 is 9.53 Å². The van der Waals surface area contributed by atoms with E-state index in [0.29, 0.717) is 6.42 Å². The first kappa shape index (κ1) is 11.0. The van der Waals surface area contributed by atoms with Gasteiger partial charge in [0.2, 0.25) is 0 Å². The van der Waals surface area contributed by atoms with Gasteiger partial charge in [-0.05, 0) is 11.6 Å². The zero-order valence-corrected chi connectivity index (χ0v) is 10.2. The van der Waals surface area contributed by atoms with Crippen LogP contribution < -0.4 is 4.74 Å². The van der Waals surface area contributed by atoms with Crippen LogP contribution >= 0.6 is 0 Å². The molecule has 2 nitrogen and oxygen atoms in total. The van der Waals surface area contributed by atoms with Gasteiger partial charge in [-0.1, -0.05) is 42.5 Å². The van der Waals surface area contributed by atoms with Crippen molar-refractivity contribution >= 4 is 5.78 Å². The Balaban J connectivity index is 2.12. The lowest BCUT2D eigenvalue weighted by Gasteiger charge is -2.14. The standard InChI is InChI=1S/C16H14O2/c1-18-16-9-5-4-8-13(16)14-10-15(17)12-7-3-2-6-11(12)14/h2-9,14H,10H2,1H3/t14-/m1/s1. The van der Waals surface area contributed by atoms with Gasteiger partial charge in [0, 0.05) is 23.5 Å². The summed E-state index contributed by atoms with van der Waals surface area (Å²) in [5.41, 5.74) is 3.07. The first-order valence-electron chi connectivity index (χ1n) is 6.06. The van der Waals surface area contributed by atoms with E-state index in [1.165, 1.54) is 0 Å².